The monoisotopic (exact) mass is 376 g/mol. The van der Waals surface area contributed by atoms with Crippen LogP contribution in [0.1, 0.15) is 5.56 Å². The van der Waals surface area contributed by atoms with Gasteiger partial charge < -0.3 is 19.3 Å². The van der Waals surface area contributed by atoms with Gasteiger partial charge >= 0.3 is 6.36 Å². The minimum absolute atomic E-state index is 0.111. The van der Waals surface area contributed by atoms with E-state index in [-0.39, 0.29) is 11.5 Å². The van der Waals surface area contributed by atoms with Crippen LogP contribution in [0.4, 0.5) is 13.2 Å². The summed E-state index contributed by atoms with van der Waals surface area (Å²) >= 11 is 0. The fraction of sp³-hybridized carbons (Fsp3) is 0.100. The molecule has 3 aromatic rings. The van der Waals surface area contributed by atoms with Crippen molar-refractivity contribution in [1.29, 1.82) is 0 Å². The largest absolute Gasteiger partial charge is 0.573 e. The van der Waals surface area contributed by atoms with Crippen molar-refractivity contribution in [3.8, 4) is 28.7 Å². The maximum Gasteiger partial charge on any atom is 0.573 e. The number of hydrogen-bond acceptors (Lipinski definition) is 4. The lowest BCUT2D eigenvalue weighted by molar-refractivity contribution is -0.274. The molecule has 0 atom stereocenters. The number of phenols is 1. The molecule has 4 nitrogen and oxygen atoms in total. The number of benzene rings is 3. The fourth-order valence-electron chi connectivity index (χ4n) is 2.26. The Morgan fingerprint density at radius 1 is 0.778 bits per heavy atom. The van der Waals surface area contributed by atoms with Crippen LogP contribution in [0.25, 0.3) is 0 Å². The molecule has 140 valence electrons. The standard InChI is InChI=1S/C20H15F3O4/c21-20(22,23)27-16-8-6-15(7-9-16)26-17-10-11-19(18(24)12-17)25-13-14-4-2-1-3-5-14/h1-12,24H,13H2. The van der Waals surface area contributed by atoms with Gasteiger partial charge in [-0.1, -0.05) is 30.3 Å². The SMILES string of the molecule is Oc1cc(Oc2ccc(OC(F)(F)F)cc2)ccc1OCc1ccccc1. The van der Waals surface area contributed by atoms with Gasteiger partial charge in [-0.25, -0.2) is 0 Å². The summed E-state index contributed by atoms with van der Waals surface area (Å²) in [7, 11) is 0. The van der Waals surface area contributed by atoms with Crippen molar-refractivity contribution in [3.05, 3.63) is 78.4 Å². The molecule has 0 aromatic heterocycles. The van der Waals surface area contributed by atoms with Crippen molar-refractivity contribution in [1.82, 2.24) is 0 Å². The highest BCUT2D eigenvalue weighted by atomic mass is 19.4. The Bertz CT molecular complexity index is 878. The average molecular weight is 376 g/mol. The van der Waals surface area contributed by atoms with Gasteiger partial charge in [-0.3, -0.25) is 0 Å². The van der Waals surface area contributed by atoms with Crippen molar-refractivity contribution in [2.45, 2.75) is 13.0 Å². The quantitative estimate of drug-likeness (QED) is 0.603. The van der Waals surface area contributed by atoms with Gasteiger partial charge in [0.25, 0.3) is 0 Å². The second-order valence-electron chi connectivity index (χ2n) is 5.53. The van der Waals surface area contributed by atoms with Gasteiger partial charge in [-0.05, 0) is 42.0 Å². The van der Waals surface area contributed by atoms with E-state index in [1.165, 1.54) is 18.2 Å². The molecule has 0 saturated carbocycles. The highest BCUT2D eigenvalue weighted by Gasteiger charge is 2.30. The Hall–Kier alpha value is -3.35. The van der Waals surface area contributed by atoms with Crippen molar-refractivity contribution in [3.63, 3.8) is 0 Å². The number of phenolic OH excluding ortho intramolecular Hbond substituents is 1. The zero-order chi connectivity index (χ0) is 19.3. The van der Waals surface area contributed by atoms with Gasteiger partial charge in [0, 0.05) is 6.07 Å². The second kappa shape index (κ2) is 7.90. The third-order valence-corrected chi connectivity index (χ3v) is 3.46. The Balaban J connectivity index is 1.62. The molecule has 0 bridgehead atoms. The van der Waals surface area contributed by atoms with E-state index in [0.717, 1.165) is 17.7 Å². The molecule has 3 rings (SSSR count). The van der Waals surface area contributed by atoms with Crippen LogP contribution in [-0.4, -0.2) is 11.5 Å². The summed E-state index contributed by atoms with van der Waals surface area (Å²) in [5.74, 6) is 0.439. The van der Waals surface area contributed by atoms with Crippen molar-refractivity contribution in [2.75, 3.05) is 0 Å². The van der Waals surface area contributed by atoms with Crippen LogP contribution < -0.4 is 14.2 Å². The number of rotatable bonds is 6. The van der Waals surface area contributed by atoms with Gasteiger partial charge in [-0.15, -0.1) is 13.2 Å². The highest BCUT2D eigenvalue weighted by molar-refractivity contribution is 5.46. The summed E-state index contributed by atoms with van der Waals surface area (Å²) in [6, 6.07) is 18.9. The first-order valence-electron chi connectivity index (χ1n) is 7.92. The first kappa shape index (κ1) is 18.4. The summed E-state index contributed by atoms with van der Waals surface area (Å²) in [6.45, 7) is 0.301. The van der Waals surface area contributed by atoms with Gasteiger partial charge in [0.05, 0.1) is 0 Å². The van der Waals surface area contributed by atoms with Crippen molar-refractivity contribution < 1.29 is 32.5 Å². The number of alkyl halides is 3. The summed E-state index contributed by atoms with van der Waals surface area (Å²) in [6.07, 6.45) is -4.75. The van der Waals surface area contributed by atoms with Crippen LogP contribution in [0.5, 0.6) is 28.7 Å². The Morgan fingerprint density at radius 3 is 2.04 bits per heavy atom. The molecule has 0 aliphatic carbocycles. The Kier molecular flexibility index (Phi) is 5.40. The molecule has 7 heteroatoms. The van der Waals surface area contributed by atoms with Crippen LogP contribution in [0, 0.1) is 0 Å². The van der Waals surface area contributed by atoms with Gasteiger partial charge in [0.15, 0.2) is 11.5 Å². The Labute approximate surface area is 153 Å². The number of halogens is 3. The van der Waals surface area contributed by atoms with Crippen LogP contribution in [-0.2, 0) is 6.61 Å². The second-order valence-corrected chi connectivity index (χ2v) is 5.53. The highest BCUT2D eigenvalue weighted by Crippen LogP contribution is 2.33. The molecule has 3 aromatic carbocycles. The zero-order valence-corrected chi connectivity index (χ0v) is 13.9. The molecule has 0 amide bonds. The normalized spacial score (nSPS) is 11.1. The molecular formula is C20H15F3O4. The predicted molar refractivity (Wildman–Crippen MR) is 92.1 cm³/mol. The topological polar surface area (TPSA) is 47.9 Å². The summed E-state index contributed by atoms with van der Waals surface area (Å²) in [4.78, 5) is 0. The van der Waals surface area contributed by atoms with Crippen LogP contribution in [0.3, 0.4) is 0 Å². The third-order valence-electron chi connectivity index (χ3n) is 3.46. The van der Waals surface area contributed by atoms with Crippen LogP contribution in [0.15, 0.2) is 72.8 Å². The van der Waals surface area contributed by atoms with E-state index in [4.69, 9.17) is 9.47 Å². The summed E-state index contributed by atoms with van der Waals surface area (Å²) < 4.78 is 51.3. The fourth-order valence-corrected chi connectivity index (χ4v) is 2.26. The molecule has 0 fully saturated rings. The minimum Gasteiger partial charge on any atom is -0.504 e. The summed E-state index contributed by atoms with van der Waals surface area (Å²) in [5.41, 5.74) is 0.957. The molecule has 0 saturated heterocycles. The van der Waals surface area contributed by atoms with E-state index in [1.807, 2.05) is 30.3 Å². The predicted octanol–water partition coefficient (Wildman–Crippen LogP) is 5.66. The number of aromatic hydroxyl groups is 1. The molecule has 0 aliphatic heterocycles. The van der Waals surface area contributed by atoms with E-state index < -0.39 is 6.36 Å². The zero-order valence-electron chi connectivity index (χ0n) is 13.9. The van der Waals surface area contributed by atoms with Crippen molar-refractivity contribution >= 4 is 0 Å². The third kappa shape index (κ3) is 5.57. The van der Waals surface area contributed by atoms with Gasteiger partial charge in [0.1, 0.15) is 23.9 Å². The molecular weight excluding hydrogens is 361 g/mol. The summed E-state index contributed by atoms with van der Waals surface area (Å²) in [5, 5.41) is 10.1. The molecule has 0 spiro atoms. The number of ether oxygens (including phenoxy) is 3. The first-order chi connectivity index (χ1) is 12.9. The molecule has 0 aliphatic rings. The number of hydrogen-bond donors (Lipinski definition) is 1. The molecule has 27 heavy (non-hydrogen) atoms. The van der Waals surface area contributed by atoms with E-state index in [9.17, 15) is 18.3 Å². The van der Waals surface area contributed by atoms with Crippen LogP contribution in [0.2, 0.25) is 0 Å². The van der Waals surface area contributed by atoms with E-state index >= 15 is 0 Å². The molecule has 0 unspecified atom stereocenters. The lowest BCUT2D eigenvalue weighted by Crippen LogP contribution is -2.16. The van der Waals surface area contributed by atoms with E-state index in [1.54, 1.807) is 12.1 Å². The molecule has 0 heterocycles. The maximum atomic E-state index is 12.1. The minimum atomic E-state index is -4.75. The Morgan fingerprint density at radius 2 is 1.41 bits per heavy atom. The van der Waals surface area contributed by atoms with Gasteiger partial charge in [-0.2, -0.15) is 0 Å². The van der Waals surface area contributed by atoms with Crippen molar-refractivity contribution in [2.24, 2.45) is 0 Å². The van der Waals surface area contributed by atoms with Crippen LogP contribution >= 0.6 is 0 Å². The van der Waals surface area contributed by atoms with E-state index in [2.05, 4.69) is 4.74 Å². The maximum absolute atomic E-state index is 12.1. The lowest BCUT2D eigenvalue weighted by atomic mass is 10.2. The first-order valence-corrected chi connectivity index (χ1v) is 7.92. The molecule has 1 N–H and O–H groups in total. The lowest BCUT2D eigenvalue weighted by Gasteiger charge is -2.12. The van der Waals surface area contributed by atoms with Gasteiger partial charge in [0.2, 0.25) is 0 Å². The average Bonchev–Trinajstić information content (AvgIpc) is 2.62. The van der Waals surface area contributed by atoms with E-state index in [0.29, 0.717) is 23.9 Å². The smallest absolute Gasteiger partial charge is 0.504 e. The molecule has 0 radical (unpaired) electrons.